The van der Waals surface area contributed by atoms with Crippen LogP contribution < -0.4 is 4.74 Å². The predicted molar refractivity (Wildman–Crippen MR) is 112 cm³/mol. The molecule has 4 rings (SSSR count). The molecule has 3 heterocycles. The summed E-state index contributed by atoms with van der Waals surface area (Å²) in [6, 6.07) is 9.49. The first-order valence-corrected chi connectivity index (χ1v) is 11.4. The van der Waals surface area contributed by atoms with E-state index in [9.17, 15) is 14.7 Å². The van der Waals surface area contributed by atoms with Crippen LogP contribution in [0.25, 0.3) is 0 Å². The number of aromatic carboxylic acids is 1. The summed E-state index contributed by atoms with van der Waals surface area (Å²) in [4.78, 5) is 28.4. The minimum atomic E-state index is -0.887. The van der Waals surface area contributed by atoms with Crippen molar-refractivity contribution in [3.05, 3.63) is 45.6 Å². The number of fused-ring (bicyclic) bond motifs is 2. The van der Waals surface area contributed by atoms with Gasteiger partial charge in [-0.3, -0.25) is 4.79 Å². The largest absolute Gasteiger partial charge is 0.497 e. The second kappa shape index (κ2) is 8.38. The Kier molecular flexibility index (Phi) is 5.85. The van der Waals surface area contributed by atoms with Gasteiger partial charge in [0, 0.05) is 22.9 Å². The number of thioether (sulfide) groups is 1. The van der Waals surface area contributed by atoms with Crippen LogP contribution in [0.4, 0.5) is 0 Å². The summed E-state index contributed by atoms with van der Waals surface area (Å²) in [6.45, 7) is 1.84. The van der Waals surface area contributed by atoms with E-state index in [1.807, 2.05) is 29.2 Å². The number of ether oxygens (including phenoxy) is 2. The first-order valence-electron chi connectivity index (χ1n) is 9.56. The molecule has 29 heavy (non-hydrogen) atoms. The number of piperidine rings is 1. The summed E-state index contributed by atoms with van der Waals surface area (Å²) in [6.07, 6.45) is 2.16. The quantitative estimate of drug-likeness (QED) is 0.726. The molecular formula is C21H23NO5S2. The number of hydrogen-bond donors (Lipinski definition) is 1. The van der Waals surface area contributed by atoms with Gasteiger partial charge in [0.15, 0.2) is 0 Å². The Labute approximate surface area is 177 Å². The maximum atomic E-state index is 12.7. The summed E-state index contributed by atoms with van der Waals surface area (Å²) in [7, 11) is 1.63. The number of rotatable bonds is 5. The molecule has 0 saturated carbocycles. The van der Waals surface area contributed by atoms with Gasteiger partial charge in [0.1, 0.15) is 16.2 Å². The van der Waals surface area contributed by atoms with Crippen molar-refractivity contribution in [3.63, 3.8) is 0 Å². The number of amides is 1. The number of carboxylic acid groups (broad SMARTS) is 1. The molecule has 0 aliphatic carbocycles. The highest BCUT2D eigenvalue weighted by molar-refractivity contribution is 8.00. The van der Waals surface area contributed by atoms with Crippen LogP contribution >= 0.6 is 23.1 Å². The molecule has 1 aromatic heterocycles. The Morgan fingerprint density at radius 2 is 2.10 bits per heavy atom. The second-order valence-corrected chi connectivity index (χ2v) is 9.31. The van der Waals surface area contributed by atoms with Gasteiger partial charge in [-0.25, -0.2) is 4.79 Å². The minimum Gasteiger partial charge on any atom is -0.497 e. The third kappa shape index (κ3) is 4.15. The second-order valence-electron chi connectivity index (χ2n) is 7.21. The molecule has 1 saturated heterocycles. The first-order chi connectivity index (χ1) is 14.0. The molecule has 8 heteroatoms. The van der Waals surface area contributed by atoms with E-state index in [1.54, 1.807) is 13.2 Å². The zero-order chi connectivity index (χ0) is 20.4. The molecule has 1 spiro atoms. The highest BCUT2D eigenvalue weighted by atomic mass is 32.2. The smallest absolute Gasteiger partial charge is 0.345 e. The van der Waals surface area contributed by atoms with E-state index < -0.39 is 11.6 Å². The molecule has 0 atom stereocenters. The third-order valence-corrected chi connectivity index (χ3v) is 7.84. The van der Waals surface area contributed by atoms with Crippen LogP contribution in [-0.2, 0) is 21.6 Å². The van der Waals surface area contributed by atoms with Gasteiger partial charge in [-0.2, -0.15) is 0 Å². The third-order valence-electron chi connectivity index (χ3n) is 5.51. The molecule has 154 valence electrons. The van der Waals surface area contributed by atoms with Crippen molar-refractivity contribution in [2.75, 3.05) is 32.6 Å². The Balaban J connectivity index is 1.38. The van der Waals surface area contributed by atoms with Crippen LogP contribution in [-0.4, -0.2) is 54.4 Å². The molecule has 1 fully saturated rings. The van der Waals surface area contributed by atoms with Crippen molar-refractivity contribution in [1.29, 1.82) is 0 Å². The molecule has 1 aromatic carbocycles. The molecule has 1 N–H and O–H groups in total. The molecule has 1 amide bonds. The summed E-state index contributed by atoms with van der Waals surface area (Å²) < 4.78 is 11.4. The number of nitrogens with zero attached hydrogens (tertiary/aromatic N) is 1. The molecular weight excluding hydrogens is 410 g/mol. The summed E-state index contributed by atoms with van der Waals surface area (Å²) in [5.41, 5.74) is 0.648. The summed E-state index contributed by atoms with van der Waals surface area (Å²) in [5.74, 6) is 0.390. The van der Waals surface area contributed by atoms with Gasteiger partial charge in [-0.15, -0.1) is 23.1 Å². The number of hydrogen-bond acceptors (Lipinski definition) is 6. The molecule has 0 unspecified atom stereocenters. The molecule has 2 aromatic rings. The lowest BCUT2D eigenvalue weighted by Crippen LogP contribution is -2.48. The van der Waals surface area contributed by atoms with Gasteiger partial charge in [0.2, 0.25) is 5.91 Å². The number of benzene rings is 1. The van der Waals surface area contributed by atoms with Gasteiger partial charge in [0.05, 0.1) is 19.5 Å². The van der Waals surface area contributed by atoms with E-state index in [0.717, 1.165) is 27.5 Å². The van der Waals surface area contributed by atoms with Gasteiger partial charge < -0.3 is 19.5 Å². The van der Waals surface area contributed by atoms with E-state index in [0.29, 0.717) is 43.2 Å². The summed E-state index contributed by atoms with van der Waals surface area (Å²) in [5, 5.41) is 9.33. The Hall–Kier alpha value is -2.03. The Morgan fingerprint density at radius 1 is 1.31 bits per heavy atom. The minimum absolute atomic E-state index is 0.112. The molecule has 0 bridgehead atoms. The fourth-order valence-corrected chi connectivity index (χ4v) is 6.04. The van der Waals surface area contributed by atoms with Gasteiger partial charge in [0.25, 0.3) is 0 Å². The summed E-state index contributed by atoms with van der Waals surface area (Å²) >= 11 is 2.83. The van der Waals surface area contributed by atoms with E-state index in [1.165, 1.54) is 23.1 Å². The zero-order valence-corrected chi connectivity index (χ0v) is 17.8. The van der Waals surface area contributed by atoms with Crippen molar-refractivity contribution in [2.24, 2.45) is 0 Å². The molecule has 2 aliphatic rings. The monoisotopic (exact) mass is 433 g/mol. The normalized spacial score (nSPS) is 17.8. The van der Waals surface area contributed by atoms with Crippen molar-refractivity contribution >= 4 is 35.0 Å². The lowest BCUT2D eigenvalue weighted by atomic mass is 9.85. The lowest BCUT2D eigenvalue weighted by molar-refractivity contribution is -0.137. The van der Waals surface area contributed by atoms with Crippen LogP contribution in [0.2, 0.25) is 0 Å². The maximum Gasteiger partial charge on any atom is 0.345 e. The standard InChI is InChI=1S/C21H23NO5S2/c1-26-15-3-2-4-16(12-15)28-13-18(23)22-8-6-21(7-9-22)19-14(5-10-27-21)11-17(29-19)20(24)25/h2-4,11-12H,5-10,13H2,1H3,(H,24,25). The van der Waals surface area contributed by atoms with Crippen molar-refractivity contribution in [1.82, 2.24) is 4.90 Å². The van der Waals surface area contributed by atoms with Crippen LogP contribution in [0, 0.1) is 0 Å². The number of carbonyl (C=O) groups excluding carboxylic acids is 1. The molecule has 2 aliphatic heterocycles. The fourth-order valence-electron chi connectivity index (χ4n) is 3.94. The van der Waals surface area contributed by atoms with Crippen LogP contribution in [0.5, 0.6) is 5.75 Å². The van der Waals surface area contributed by atoms with Gasteiger partial charge in [-0.1, -0.05) is 6.07 Å². The topological polar surface area (TPSA) is 76.1 Å². The molecule has 0 radical (unpaired) electrons. The average molecular weight is 434 g/mol. The van der Waals surface area contributed by atoms with E-state index in [-0.39, 0.29) is 5.91 Å². The van der Waals surface area contributed by atoms with Crippen molar-refractivity contribution < 1.29 is 24.2 Å². The predicted octanol–water partition coefficient (Wildman–Crippen LogP) is 3.64. The van der Waals surface area contributed by atoms with Crippen molar-refractivity contribution in [3.8, 4) is 5.75 Å². The maximum absolute atomic E-state index is 12.7. The first kappa shape index (κ1) is 20.3. The number of methoxy groups -OCH3 is 1. The SMILES string of the molecule is COc1cccc(SCC(=O)N2CCC3(CC2)OCCc2cc(C(=O)O)sc23)c1. The van der Waals surface area contributed by atoms with Crippen LogP contribution in [0.15, 0.2) is 35.2 Å². The van der Waals surface area contributed by atoms with E-state index in [2.05, 4.69) is 0 Å². The van der Waals surface area contributed by atoms with E-state index in [4.69, 9.17) is 9.47 Å². The number of likely N-dealkylation sites (tertiary alicyclic amines) is 1. The number of carboxylic acids is 1. The van der Waals surface area contributed by atoms with Crippen LogP contribution in [0.3, 0.4) is 0 Å². The Morgan fingerprint density at radius 3 is 2.83 bits per heavy atom. The number of carbonyl (C=O) groups is 2. The fraction of sp³-hybridized carbons (Fsp3) is 0.429. The molecule has 6 nitrogen and oxygen atoms in total. The zero-order valence-electron chi connectivity index (χ0n) is 16.2. The van der Waals surface area contributed by atoms with Gasteiger partial charge in [-0.05, 0) is 49.1 Å². The van der Waals surface area contributed by atoms with E-state index >= 15 is 0 Å². The average Bonchev–Trinajstić information content (AvgIpc) is 3.19. The van der Waals surface area contributed by atoms with Crippen LogP contribution in [0.1, 0.15) is 33.0 Å². The van der Waals surface area contributed by atoms with Gasteiger partial charge >= 0.3 is 5.97 Å². The lowest BCUT2D eigenvalue weighted by Gasteiger charge is -2.43. The highest BCUT2D eigenvalue weighted by Gasteiger charge is 2.43. The van der Waals surface area contributed by atoms with Crippen molar-refractivity contribution in [2.45, 2.75) is 29.8 Å². The highest BCUT2D eigenvalue weighted by Crippen LogP contribution is 2.45. The Bertz CT molecular complexity index is 918. The number of thiophene rings is 1.